The molecule has 0 saturated carbocycles. The molecule has 2 aromatic rings. The lowest BCUT2D eigenvalue weighted by molar-refractivity contribution is -0.383. The number of anilines is 1. The minimum Gasteiger partial charge on any atom is -0.497 e. The fourth-order valence-electron chi connectivity index (χ4n) is 1.40. The number of para-hydroxylation sites is 3. The molecule has 0 bridgehead atoms. The number of hydrogen-bond donors (Lipinski definition) is 1. The molecule has 0 aliphatic carbocycles. The van der Waals surface area contributed by atoms with E-state index in [1.807, 2.05) is 30.3 Å². The molecule has 100 valence electrons. The molecule has 1 N–H and O–H groups in total. The second-order valence-corrected chi connectivity index (χ2v) is 3.54. The Kier molecular flexibility index (Phi) is 5.88. The van der Waals surface area contributed by atoms with Crippen LogP contribution in [0.4, 0.5) is 11.4 Å². The summed E-state index contributed by atoms with van der Waals surface area (Å²) in [6, 6.07) is 16.2. The van der Waals surface area contributed by atoms with Gasteiger partial charge in [-0.05, 0) is 18.2 Å². The van der Waals surface area contributed by atoms with E-state index in [9.17, 15) is 10.1 Å². The van der Waals surface area contributed by atoms with Crippen LogP contribution in [0.3, 0.4) is 0 Å². The predicted molar refractivity (Wildman–Crippen MR) is 75.6 cm³/mol. The Hall–Kier alpha value is -2.56. The van der Waals surface area contributed by atoms with Crippen LogP contribution in [0.5, 0.6) is 5.75 Å². The number of methoxy groups -OCH3 is 1. The van der Waals surface area contributed by atoms with Crippen molar-refractivity contribution >= 4 is 11.4 Å². The molecule has 0 radical (unpaired) electrons. The first-order valence-corrected chi connectivity index (χ1v) is 5.69. The van der Waals surface area contributed by atoms with Crippen LogP contribution >= 0.6 is 0 Å². The predicted octanol–water partition coefficient (Wildman–Crippen LogP) is 3.33. The minimum atomic E-state index is -0.411. The zero-order valence-electron chi connectivity index (χ0n) is 10.9. The third-order valence-electron chi connectivity index (χ3n) is 2.35. The Balaban J connectivity index is 0.000000200. The van der Waals surface area contributed by atoms with Crippen LogP contribution in [0, 0.1) is 10.1 Å². The third kappa shape index (κ3) is 4.67. The summed E-state index contributed by atoms with van der Waals surface area (Å²) in [4.78, 5) is 9.94. The second kappa shape index (κ2) is 7.71. The summed E-state index contributed by atoms with van der Waals surface area (Å²) in [6.07, 6.45) is 0. The summed E-state index contributed by atoms with van der Waals surface area (Å²) >= 11 is 0. The fourth-order valence-corrected chi connectivity index (χ4v) is 1.40. The Labute approximate surface area is 112 Å². The Morgan fingerprint density at radius 1 is 1.05 bits per heavy atom. The summed E-state index contributed by atoms with van der Waals surface area (Å²) in [6.45, 7) is 0. The van der Waals surface area contributed by atoms with Gasteiger partial charge in [-0.25, -0.2) is 0 Å². The van der Waals surface area contributed by atoms with Crippen molar-refractivity contribution in [3.63, 3.8) is 0 Å². The number of hydrogen-bond acceptors (Lipinski definition) is 4. The van der Waals surface area contributed by atoms with Crippen LogP contribution in [0.2, 0.25) is 0 Å². The molecule has 0 amide bonds. The van der Waals surface area contributed by atoms with Gasteiger partial charge in [0.15, 0.2) is 0 Å². The molecular weight excluding hydrogens is 244 g/mol. The van der Waals surface area contributed by atoms with Gasteiger partial charge in [-0.2, -0.15) is 0 Å². The lowest BCUT2D eigenvalue weighted by Gasteiger charge is -1.98. The number of nitro groups is 1. The maximum Gasteiger partial charge on any atom is 0.292 e. The van der Waals surface area contributed by atoms with Crippen LogP contribution in [0.1, 0.15) is 0 Å². The van der Waals surface area contributed by atoms with Crippen molar-refractivity contribution in [2.24, 2.45) is 0 Å². The molecule has 19 heavy (non-hydrogen) atoms. The lowest BCUT2D eigenvalue weighted by atomic mass is 10.3. The van der Waals surface area contributed by atoms with Crippen LogP contribution < -0.4 is 10.1 Å². The maximum atomic E-state index is 10.3. The quantitative estimate of drug-likeness (QED) is 0.679. The van der Waals surface area contributed by atoms with E-state index in [2.05, 4.69) is 5.32 Å². The van der Waals surface area contributed by atoms with Gasteiger partial charge in [-0.1, -0.05) is 30.3 Å². The van der Waals surface area contributed by atoms with Gasteiger partial charge in [0.2, 0.25) is 0 Å². The average Bonchev–Trinajstić information content (AvgIpc) is 2.48. The van der Waals surface area contributed by atoms with E-state index in [-0.39, 0.29) is 5.69 Å². The van der Waals surface area contributed by atoms with Crippen molar-refractivity contribution < 1.29 is 9.66 Å². The zero-order chi connectivity index (χ0) is 14.1. The summed E-state index contributed by atoms with van der Waals surface area (Å²) in [5.41, 5.74) is 0.646. The van der Waals surface area contributed by atoms with Gasteiger partial charge in [0, 0.05) is 13.1 Å². The maximum absolute atomic E-state index is 10.3. The molecule has 0 saturated heterocycles. The molecule has 2 aromatic carbocycles. The van der Waals surface area contributed by atoms with Gasteiger partial charge >= 0.3 is 0 Å². The molecule has 0 heterocycles. The van der Waals surface area contributed by atoms with E-state index in [1.54, 1.807) is 32.4 Å². The molecule has 2 rings (SSSR count). The first kappa shape index (κ1) is 14.5. The van der Waals surface area contributed by atoms with E-state index in [1.165, 1.54) is 6.07 Å². The highest BCUT2D eigenvalue weighted by Gasteiger charge is 2.09. The standard InChI is InChI=1S/C7H8N2O2.C7H8O/c1-8-6-4-2-3-5-7(6)9(10)11;1-8-7-5-3-2-4-6-7/h2-5,8H,1H3;2-6H,1H3. The Morgan fingerprint density at radius 3 is 2.05 bits per heavy atom. The van der Waals surface area contributed by atoms with Gasteiger partial charge in [0.25, 0.3) is 5.69 Å². The highest BCUT2D eigenvalue weighted by atomic mass is 16.6. The SMILES string of the molecule is CNc1ccccc1[N+](=O)[O-].COc1ccccc1. The minimum absolute atomic E-state index is 0.106. The normalized spacial score (nSPS) is 8.95. The molecule has 0 atom stereocenters. The number of ether oxygens (including phenoxy) is 1. The van der Waals surface area contributed by atoms with Crippen molar-refractivity contribution in [1.29, 1.82) is 0 Å². The Morgan fingerprint density at radius 2 is 1.63 bits per heavy atom. The largest absolute Gasteiger partial charge is 0.497 e. The molecule has 0 fully saturated rings. The van der Waals surface area contributed by atoms with Gasteiger partial charge in [-0.3, -0.25) is 10.1 Å². The van der Waals surface area contributed by atoms with E-state index < -0.39 is 4.92 Å². The second-order valence-electron chi connectivity index (χ2n) is 3.54. The first-order chi connectivity index (χ1) is 9.19. The van der Waals surface area contributed by atoms with E-state index in [0.717, 1.165) is 5.75 Å². The van der Waals surface area contributed by atoms with Crippen LogP contribution in [-0.4, -0.2) is 19.1 Å². The van der Waals surface area contributed by atoms with E-state index in [4.69, 9.17) is 4.74 Å². The first-order valence-electron chi connectivity index (χ1n) is 5.69. The van der Waals surface area contributed by atoms with Gasteiger partial charge in [0.05, 0.1) is 12.0 Å². The third-order valence-corrected chi connectivity index (χ3v) is 2.35. The molecule has 0 aliphatic rings. The lowest BCUT2D eigenvalue weighted by Crippen LogP contribution is -1.95. The van der Waals surface area contributed by atoms with E-state index >= 15 is 0 Å². The molecule has 0 spiro atoms. The number of nitro benzene ring substituents is 1. The molecular formula is C14H16N2O3. The van der Waals surface area contributed by atoms with Crippen LogP contribution in [0.15, 0.2) is 54.6 Å². The van der Waals surface area contributed by atoms with Crippen LogP contribution in [0.25, 0.3) is 0 Å². The van der Waals surface area contributed by atoms with Crippen molar-refractivity contribution in [3.05, 3.63) is 64.7 Å². The molecule has 5 nitrogen and oxygen atoms in total. The summed E-state index contributed by atoms with van der Waals surface area (Å²) in [5.74, 6) is 0.910. The van der Waals surface area contributed by atoms with Crippen molar-refractivity contribution in [1.82, 2.24) is 0 Å². The highest BCUT2D eigenvalue weighted by molar-refractivity contribution is 5.60. The molecule has 0 unspecified atom stereocenters. The van der Waals surface area contributed by atoms with Gasteiger partial charge in [0.1, 0.15) is 11.4 Å². The Bertz CT molecular complexity index is 515. The number of nitrogens with zero attached hydrogens (tertiary/aromatic N) is 1. The summed E-state index contributed by atoms with van der Waals surface area (Å²) in [7, 11) is 3.32. The number of benzene rings is 2. The number of rotatable bonds is 3. The molecule has 0 aliphatic heterocycles. The van der Waals surface area contributed by atoms with Crippen molar-refractivity contribution in [3.8, 4) is 5.75 Å². The smallest absolute Gasteiger partial charge is 0.292 e. The highest BCUT2D eigenvalue weighted by Crippen LogP contribution is 2.21. The molecule has 0 aromatic heterocycles. The summed E-state index contributed by atoms with van der Waals surface area (Å²) < 4.78 is 4.91. The monoisotopic (exact) mass is 260 g/mol. The van der Waals surface area contributed by atoms with Crippen molar-refractivity contribution in [2.45, 2.75) is 0 Å². The zero-order valence-corrected chi connectivity index (χ0v) is 10.9. The fraction of sp³-hybridized carbons (Fsp3) is 0.143. The average molecular weight is 260 g/mol. The van der Waals surface area contributed by atoms with Crippen LogP contribution in [-0.2, 0) is 0 Å². The van der Waals surface area contributed by atoms with Gasteiger partial charge in [-0.15, -0.1) is 0 Å². The van der Waals surface area contributed by atoms with E-state index in [0.29, 0.717) is 5.69 Å². The van der Waals surface area contributed by atoms with Crippen molar-refractivity contribution in [2.75, 3.05) is 19.5 Å². The van der Waals surface area contributed by atoms with Gasteiger partial charge < -0.3 is 10.1 Å². The summed E-state index contributed by atoms with van der Waals surface area (Å²) in [5, 5.41) is 13.1. The number of nitrogens with one attached hydrogen (secondary N) is 1. The molecule has 5 heteroatoms. The topological polar surface area (TPSA) is 64.4 Å².